The molecule has 2 aromatic rings. The van der Waals surface area contributed by atoms with Crippen LogP contribution in [0.4, 0.5) is 0 Å². The highest BCUT2D eigenvalue weighted by Crippen LogP contribution is 2.18. The van der Waals surface area contributed by atoms with E-state index >= 15 is 0 Å². The van der Waals surface area contributed by atoms with Gasteiger partial charge < -0.3 is 9.73 Å². The van der Waals surface area contributed by atoms with Crippen molar-refractivity contribution in [2.75, 3.05) is 6.54 Å². The molecule has 1 atom stereocenters. The van der Waals surface area contributed by atoms with Crippen LogP contribution in [0.25, 0.3) is 0 Å². The standard InChI is InChI=1S/C22H33N3O2/c1-15(2)11-23-22(26)20-14-27-21(24-20)13-25(18(6)16(3)4)12-19-9-7-8-17(5)10-19/h7-10,14-16,18H,11-13H2,1-6H3,(H,23,26)/t18-/m0/s1. The van der Waals surface area contributed by atoms with Gasteiger partial charge in [-0.15, -0.1) is 0 Å². The highest BCUT2D eigenvalue weighted by Gasteiger charge is 2.21. The number of aryl methyl sites for hydroxylation is 1. The Morgan fingerprint density at radius 2 is 1.93 bits per heavy atom. The number of benzene rings is 1. The fourth-order valence-corrected chi connectivity index (χ4v) is 2.86. The average Bonchev–Trinajstić information content (AvgIpc) is 3.07. The predicted molar refractivity (Wildman–Crippen MR) is 108 cm³/mol. The molecule has 1 amide bonds. The van der Waals surface area contributed by atoms with Crippen LogP contribution in [0, 0.1) is 18.8 Å². The topological polar surface area (TPSA) is 58.4 Å². The van der Waals surface area contributed by atoms with Crippen LogP contribution in [0.2, 0.25) is 0 Å². The molecule has 1 aromatic heterocycles. The summed E-state index contributed by atoms with van der Waals surface area (Å²) in [7, 11) is 0. The summed E-state index contributed by atoms with van der Waals surface area (Å²) in [6.45, 7) is 14.9. The molecule has 5 nitrogen and oxygen atoms in total. The number of nitrogens with zero attached hydrogens (tertiary/aromatic N) is 2. The molecule has 0 saturated carbocycles. The number of hydrogen-bond donors (Lipinski definition) is 1. The second-order valence-corrected chi connectivity index (χ2v) is 8.11. The molecule has 0 spiro atoms. The molecule has 0 unspecified atom stereocenters. The number of carbonyl (C=O) groups is 1. The lowest BCUT2D eigenvalue weighted by Crippen LogP contribution is -2.36. The zero-order valence-electron chi connectivity index (χ0n) is 17.5. The van der Waals surface area contributed by atoms with Crippen LogP contribution in [0.1, 0.15) is 62.1 Å². The molecule has 148 valence electrons. The van der Waals surface area contributed by atoms with Gasteiger partial charge in [0.15, 0.2) is 5.69 Å². The third-order valence-electron chi connectivity index (χ3n) is 4.80. The quantitative estimate of drug-likeness (QED) is 0.709. The molecule has 0 aliphatic rings. The first-order chi connectivity index (χ1) is 12.8. The second kappa shape index (κ2) is 9.70. The third kappa shape index (κ3) is 6.51. The number of aromatic nitrogens is 1. The minimum absolute atomic E-state index is 0.180. The molecule has 0 saturated heterocycles. The number of nitrogens with one attached hydrogen (secondary N) is 1. The van der Waals surface area contributed by atoms with Crippen molar-refractivity contribution in [2.45, 2.75) is 60.7 Å². The molecule has 0 bridgehead atoms. The summed E-state index contributed by atoms with van der Waals surface area (Å²) >= 11 is 0. The van der Waals surface area contributed by atoms with Gasteiger partial charge in [0.1, 0.15) is 6.26 Å². The first-order valence-electron chi connectivity index (χ1n) is 9.78. The van der Waals surface area contributed by atoms with Gasteiger partial charge >= 0.3 is 0 Å². The van der Waals surface area contributed by atoms with Gasteiger partial charge in [0.05, 0.1) is 6.54 Å². The Bertz CT molecular complexity index is 737. The summed E-state index contributed by atoms with van der Waals surface area (Å²) < 4.78 is 5.60. The predicted octanol–water partition coefficient (Wildman–Crippen LogP) is 4.42. The zero-order chi connectivity index (χ0) is 20.0. The molecular formula is C22H33N3O2. The first-order valence-corrected chi connectivity index (χ1v) is 9.78. The summed E-state index contributed by atoms with van der Waals surface area (Å²) in [4.78, 5) is 18.9. The van der Waals surface area contributed by atoms with Crippen LogP contribution < -0.4 is 5.32 Å². The smallest absolute Gasteiger partial charge is 0.273 e. The van der Waals surface area contributed by atoms with Crippen molar-refractivity contribution in [1.82, 2.24) is 15.2 Å². The molecule has 5 heteroatoms. The summed E-state index contributed by atoms with van der Waals surface area (Å²) in [5.74, 6) is 1.29. The molecule has 0 aliphatic carbocycles. The molecule has 0 fully saturated rings. The van der Waals surface area contributed by atoms with Gasteiger partial charge in [0.25, 0.3) is 5.91 Å². The van der Waals surface area contributed by atoms with E-state index in [0.29, 0.717) is 42.6 Å². The minimum atomic E-state index is -0.180. The Kier molecular flexibility index (Phi) is 7.60. The fraction of sp³-hybridized carbons (Fsp3) is 0.545. The van der Waals surface area contributed by atoms with Gasteiger partial charge in [0, 0.05) is 19.1 Å². The lowest BCUT2D eigenvalue weighted by molar-refractivity contribution is 0.0943. The van der Waals surface area contributed by atoms with Crippen molar-refractivity contribution < 1.29 is 9.21 Å². The Hall–Kier alpha value is -2.14. The Balaban J connectivity index is 2.10. The van der Waals surface area contributed by atoms with Gasteiger partial charge in [-0.3, -0.25) is 9.69 Å². The summed E-state index contributed by atoms with van der Waals surface area (Å²) in [6, 6.07) is 8.91. The van der Waals surface area contributed by atoms with Gasteiger partial charge in [-0.1, -0.05) is 57.5 Å². The van der Waals surface area contributed by atoms with Crippen molar-refractivity contribution in [3.05, 3.63) is 53.2 Å². The van der Waals surface area contributed by atoms with Gasteiger partial charge in [-0.2, -0.15) is 0 Å². The molecule has 0 radical (unpaired) electrons. The van der Waals surface area contributed by atoms with Crippen molar-refractivity contribution in [3.8, 4) is 0 Å². The highest BCUT2D eigenvalue weighted by atomic mass is 16.3. The lowest BCUT2D eigenvalue weighted by atomic mass is 10.0. The maximum Gasteiger partial charge on any atom is 0.273 e. The lowest BCUT2D eigenvalue weighted by Gasteiger charge is -2.30. The monoisotopic (exact) mass is 371 g/mol. The van der Waals surface area contributed by atoms with E-state index in [0.717, 1.165) is 6.54 Å². The van der Waals surface area contributed by atoms with E-state index in [1.165, 1.54) is 17.4 Å². The number of rotatable bonds is 9. The Morgan fingerprint density at radius 3 is 2.56 bits per heavy atom. The zero-order valence-corrected chi connectivity index (χ0v) is 17.5. The molecular weight excluding hydrogens is 338 g/mol. The molecule has 1 aromatic carbocycles. The van der Waals surface area contributed by atoms with Gasteiger partial charge in [0.2, 0.25) is 5.89 Å². The van der Waals surface area contributed by atoms with Crippen LogP contribution >= 0.6 is 0 Å². The average molecular weight is 372 g/mol. The van der Waals surface area contributed by atoms with E-state index in [1.807, 2.05) is 0 Å². The molecule has 0 aliphatic heterocycles. The SMILES string of the molecule is Cc1cccc(CN(Cc2nc(C(=O)NCC(C)C)co2)[C@@H](C)C(C)C)c1. The Labute approximate surface area is 163 Å². The molecule has 1 heterocycles. The maximum absolute atomic E-state index is 12.2. The van der Waals surface area contributed by atoms with Crippen molar-refractivity contribution in [2.24, 2.45) is 11.8 Å². The van der Waals surface area contributed by atoms with Crippen molar-refractivity contribution >= 4 is 5.91 Å². The van der Waals surface area contributed by atoms with E-state index in [9.17, 15) is 4.79 Å². The van der Waals surface area contributed by atoms with Gasteiger partial charge in [-0.25, -0.2) is 4.98 Å². The minimum Gasteiger partial charge on any atom is -0.447 e. The van der Waals surface area contributed by atoms with Crippen molar-refractivity contribution in [3.63, 3.8) is 0 Å². The van der Waals surface area contributed by atoms with E-state index in [4.69, 9.17) is 4.42 Å². The maximum atomic E-state index is 12.2. The van der Waals surface area contributed by atoms with Crippen LogP contribution in [0.5, 0.6) is 0 Å². The highest BCUT2D eigenvalue weighted by molar-refractivity contribution is 5.91. The second-order valence-electron chi connectivity index (χ2n) is 8.11. The Morgan fingerprint density at radius 1 is 1.19 bits per heavy atom. The molecule has 1 N–H and O–H groups in total. The third-order valence-corrected chi connectivity index (χ3v) is 4.80. The van der Waals surface area contributed by atoms with Crippen LogP contribution in [-0.4, -0.2) is 28.4 Å². The number of carbonyl (C=O) groups excluding carboxylic acids is 1. The number of amides is 1. The van der Waals surface area contributed by atoms with Crippen molar-refractivity contribution in [1.29, 1.82) is 0 Å². The fourth-order valence-electron chi connectivity index (χ4n) is 2.86. The largest absolute Gasteiger partial charge is 0.447 e. The molecule has 27 heavy (non-hydrogen) atoms. The first kappa shape index (κ1) is 21.2. The summed E-state index contributed by atoms with van der Waals surface area (Å²) in [6.07, 6.45) is 1.45. The van der Waals surface area contributed by atoms with Crippen LogP contribution in [0.3, 0.4) is 0 Å². The van der Waals surface area contributed by atoms with Crippen LogP contribution in [0.15, 0.2) is 34.9 Å². The molecule has 2 rings (SSSR count). The summed E-state index contributed by atoms with van der Waals surface area (Å²) in [5, 5.41) is 2.88. The van der Waals surface area contributed by atoms with E-state index in [1.54, 1.807) is 0 Å². The number of hydrogen-bond acceptors (Lipinski definition) is 4. The van der Waals surface area contributed by atoms with E-state index < -0.39 is 0 Å². The number of oxazole rings is 1. The normalized spacial score (nSPS) is 12.8. The van der Waals surface area contributed by atoms with Crippen LogP contribution in [-0.2, 0) is 13.1 Å². The summed E-state index contributed by atoms with van der Waals surface area (Å²) in [5.41, 5.74) is 2.87. The van der Waals surface area contributed by atoms with E-state index in [-0.39, 0.29) is 5.91 Å². The van der Waals surface area contributed by atoms with E-state index in [2.05, 4.69) is 81.0 Å². The van der Waals surface area contributed by atoms with Gasteiger partial charge in [-0.05, 0) is 31.2 Å².